The van der Waals surface area contributed by atoms with Gasteiger partial charge in [-0.05, 0) is 9.91 Å². The molecule has 0 aliphatic rings. The van der Waals surface area contributed by atoms with E-state index in [1.807, 2.05) is 0 Å². The average molecular weight is 220 g/mol. The Morgan fingerprint density at radius 1 is 1.53 bits per heavy atom. The molecule has 0 bridgehead atoms. The number of pyridine rings is 1. The molecule has 0 unspecified atom stereocenters. The molecule has 5 nitrogen and oxygen atoms in total. The van der Waals surface area contributed by atoms with Crippen LogP contribution in [0.1, 0.15) is 22.5 Å². The van der Waals surface area contributed by atoms with Gasteiger partial charge in [-0.25, -0.2) is 13.2 Å². The highest BCUT2D eigenvalue weighted by Crippen LogP contribution is 2.29. The van der Waals surface area contributed by atoms with Crippen LogP contribution in [0.4, 0.5) is 19.0 Å². The lowest BCUT2D eigenvalue weighted by Gasteiger charge is -2.02. The lowest BCUT2D eigenvalue weighted by atomic mass is 10.2. The number of carbonyl (C=O) groups is 1. The van der Waals surface area contributed by atoms with Gasteiger partial charge in [-0.15, -0.1) is 0 Å². The standard InChI is InChI=1S/C7H3F3N2O3/c8-4-1-3(2-13)11-7(12(14)15)5(4)6(9)10/h1-2,6H. The average Bonchev–Trinajstić information content (AvgIpc) is 2.15. The van der Waals surface area contributed by atoms with Gasteiger partial charge in [0.1, 0.15) is 5.82 Å². The maximum Gasteiger partial charge on any atom is 0.376 e. The van der Waals surface area contributed by atoms with E-state index in [1.165, 1.54) is 0 Å². The van der Waals surface area contributed by atoms with Gasteiger partial charge >= 0.3 is 5.82 Å². The van der Waals surface area contributed by atoms with Crippen molar-refractivity contribution >= 4 is 12.1 Å². The van der Waals surface area contributed by atoms with Crippen LogP contribution in [0.5, 0.6) is 0 Å². The summed E-state index contributed by atoms with van der Waals surface area (Å²) >= 11 is 0. The zero-order valence-corrected chi connectivity index (χ0v) is 6.99. The van der Waals surface area contributed by atoms with E-state index in [9.17, 15) is 28.1 Å². The number of nitro groups is 1. The van der Waals surface area contributed by atoms with Crippen molar-refractivity contribution in [3.63, 3.8) is 0 Å². The van der Waals surface area contributed by atoms with Crippen LogP contribution >= 0.6 is 0 Å². The third-order valence-corrected chi connectivity index (χ3v) is 1.52. The van der Waals surface area contributed by atoms with E-state index in [0.29, 0.717) is 6.07 Å². The molecule has 0 aromatic carbocycles. The Morgan fingerprint density at radius 2 is 2.13 bits per heavy atom. The van der Waals surface area contributed by atoms with Gasteiger partial charge in [0.15, 0.2) is 11.8 Å². The quantitative estimate of drug-likeness (QED) is 0.442. The Morgan fingerprint density at radius 3 is 2.53 bits per heavy atom. The molecule has 0 amide bonds. The summed E-state index contributed by atoms with van der Waals surface area (Å²) < 4.78 is 37.3. The van der Waals surface area contributed by atoms with Crippen LogP contribution in [0.2, 0.25) is 0 Å². The number of nitrogens with zero attached hydrogens (tertiary/aromatic N) is 2. The Labute approximate surface area is 80.7 Å². The van der Waals surface area contributed by atoms with Crippen LogP contribution in [0.15, 0.2) is 6.07 Å². The first-order chi connectivity index (χ1) is 6.97. The summed E-state index contributed by atoms with van der Waals surface area (Å²) in [7, 11) is 0. The molecule has 0 aliphatic heterocycles. The molecule has 0 spiro atoms. The predicted molar refractivity (Wildman–Crippen MR) is 41.2 cm³/mol. The largest absolute Gasteiger partial charge is 0.376 e. The van der Waals surface area contributed by atoms with Crippen molar-refractivity contribution in [1.29, 1.82) is 0 Å². The topological polar surface area (TPSA) is 73.1 Å². The Kier molecular flexibility index (Phi) is 2.98. The summed E-state index contributed by atoms with van der Waals surface area (Å²) in [6, 6.07) is 0.418. The highest BCUT2D eigenvalue weighted by Gasteiger charge is 2.29. The van der Waals surface area contributed by atoms with E-state index < -0.39 is 34.2 Å². The second-order valence-corrected chi connectivity index (χ2v) is 2.44. The molecule has 0 fully saturated rings. The molecule has 80 valence electrons. The highest BCUT2D eigenvalue weighted by atomic mass is 19.3. The molecule has 0 N–H and O–H groups in total. The second kappa shape index (κ2) is 4.03. The maximum absolute atomic E-state index is 12.9. The summed E-state index contributed by atoms with van der Waals surface area (Å²) in [5.41, 5.74) is -2.02. The van der Waals surface area contributed by atoms with E-state index >= 15 is 0 Å². The lowest BCUT2D eigenvalue weighted by Crippen LogP contribution is -2.05. The van der Waals surface area contributed by atoms with Gasteiger partial charge in [0.05, 0.1) is 0 Å². The number of aldehydes is 1. The summed E-state index contributed by atoms with van der Waals surface area (Å²) in [5.74, 6) is -2.86. The lowest BCUT2D eigenvalue weighted by molar-refractivity contribution is -0.391. The smallest absolute Gasteiger partial charge is 0.358 e. The Bertz CT molecular complexity index is 422. The van der Waals surface area contributed by atoms with Crippen LogP contribution in [0.25, 0.3) is 0 Å². The van der Waals surface area contributed by atoms with Crippen molar-refractivity contribution in [2.45, 2.75) is 6.43 Å². The third kappa shape index (κ3) is 2.09. The third-order valence-electron chi connectivity index (χ3n) is 1.52. The molecule has 0 atom stereocenters. The van der Waals surface area contributed by atoms with Crippen molar-refractivity contribution < 1.29 is 22.9 Å². The van der Waals surface area contributed by atoms with E-state index in [4.69, 9.17) is 0 Å². The van der Waals surface area contributed by atoms with Crippen molar-refractivity contribution in [3.8, 4) is 0 Å². The summed E-state index contributed by atoms with van der Waals surface area (Å²) in [5, 5.41) is 10.3. The molecular formula is C7H3F3N2O3. The fourth-order valence-electron chi connectivity index (χ4n) is 0.931. The zero-order valence-electron chi connectivity index (χ0n) is 6.99. The van der Waals surface area contributed by atoms with Gasteiger partial charge < -0.3 is 10.1 Å². The van der Waals surface area contributed by atoms with Crippen LogP contribution in [-0.4, -0.2) is 16.2 Å². The van der Waals surface area contributed by atoms with E-state index in [1.54, 1.807) is 0 Å². The van der Waals surface area contributed by atoms with E-state index in [0.717, 1.165) is 0 Å². The van der Waals surface area contributed by atoms with Crippen LogP contribution < -0.4 is 0 Å². The minimum absolute atomic E-state index is 0.0331. The van der Waals surface area contributed by atoms with Crippen molar-refractivity contribution in [1.82, 2.24) is 4.98 Å². The van der Waals surface area contributed by atoms with E-state index in [2.05, 4.69) is 4.98 Å². The van der Waals surface area contributed by atoms with Crippen molar-refractivity contribution in [2.24, 2.45) is 0 Å². The molecule has 1 aromatic heterocycles. The van der Waals surface area contributed by atoms with Gasteiger partial charge in [-0.1, -0.05) is 0 Å². The molecule has 0 radical (unpaired) electrons. The second-order valence-electron chi connectivity index (χ2n) is 2.44. The van der Waals surface area contributed by atoms with Crippen LogP contribution in [0, 0.1) is 15.9 Å². The van der Waals surface area contributed by atoms with Gasteiger partial charge in [-0.2, -0.15) is 0 Å². The van der Waals surface area contributed by atoms with E-state index in [-0.39, 0.29) is 6.29 Å². The number of aromatic nitrogens is 1. The van der Waals surface area contributed by atoms with Gasteiger partial charge in [0.2, 0.25) is 5.69 Å². The first-order valence-electron chi connectivity index (χ1n) is 3.55. The van der Waals surface area contributed by atoms with Gasteiger partial charge in [0, 0.05) is 6.07 Å². The Hall–Kier alpha value is -1.99. The summed E-state index contributed by atoms with van der Waals surface area (Å²) in [6.45, 7) is 0. The van der Waals surface area contributed by atoms with Crippen LogP contribution in [0.3, 0.4) is 0 Å². The molecule has 1 aromatic rings. The molecule has 1 heterocycles. The number of alkyl halides is 2. The summed E-state index contributed by atoms with van der Waals surface area (Å²) in [4.78, 5) is 22.2. The predicted octanol–water partition coefficient (Wildman–Crippen LogP) is 1.88. The maximum atomic E-state index is 12.9. The molecule has 0 saturated heterocycles. The molecule has 1 rings (SSSR count). The number of hydrogen-bond acceptors (Lipinski definition) is 4. The summed E-state index contributed by atoms with van der Waals surface area (Å²) in [6.07, 6.45) is -3.33. The minimum Gasteiger partial charge on any atom is -0.358 e. The minimum atomic E-state index is -3.36. The first-order valence-corrected chi connectivity index (χ1v) is 3.55. The van der Waals surface area contributed by atoms with Gasteiger partial charge in [0.25, 0.3) is 6.43 Å². The monoisotopic (exact) mass is 220 g/mol. The number of hydrogen-bond donors (Lipinski definition) is 0. The molecule has 8 heteroatoms. The van der Waals surface area contributed by atoms with Crippen LogP contribution in [-0.2, 0) is 0 Å². The van der Waals surface area contributed by atoms with Crippen molar-refractivity contribution in [2.75, 3.05) is 0 Å². The fraction of sp³-hybridized carbons (Fsp3) is 0.143. The zero-order chi connectivity index (χ0) is 11.6. The fourth-order valence-corrected chi connectivity index (χ4v) is 0.931. The number of carbonyl (C=O) groups excluding carboxylic acids is 1. The molecular weight excluding hydrogens is 217 g/mol. The molecule has 0 aliphatic carbocycles. The SMILES string of the molecule is O=Cc1cc(F)c(C(F)F)c([N+](=O)[O-])n1. The van der Waals surface area contributed by atoms with Gasteiger partial charge in [-0.3, -0.25) is 4.79 Å². The molecule has 0 saturated carbocycles. The molecule has 15 heavy (non-hydrogen) atoms. The number of rotatable bonds is 3. The normalized spacial score (nSPS) is 10.4. The Balaban J connectivity index is 3.49. The number of halogens is 3. The highest BCUT2D eigenvalue weighted by molar-refractivity contribution is 5.72. The first kappa shape index (κ1) is 11.1. The van der Waals surface area contributed by atoms with Crippen molar-refractivity contribution in [3.05, 3.63) is 33.3 Å².